The molecule has 1 heterocycles. The van der Waals surface area contributed by atoms with E-state index in [4.69, 9.17) is 4.52 Å². The fourth-order valence-electron chi connectivity index (χ4n) is 2.41. The minimum Gasteiger partial charge on any atom is -0.330 e. The molecular formula is C16H18NOP. The third-order valence-electron chi connectivity index (χ3n) is 3.63. The largest absolute Gasteiger partial charge is 0.330 e. The Labute approximate surface area is 115 Å². The number of hydrogen-bond donors (Lipinski definition) is 0. The molecule has 0 aromatic heterocycles. The first-order valence-corrected chi connectivity index (χ1v) is 7.78. The van der Waals surface area contributed by atoms with E-state index in [-0.39, 0.29) is 6.10 Å². The van der Waals surface area contributed by atoms with Crippen LogP contribution in [0.25, 0.3) is 0 Å². The summed E-state index contributed by atoms with van der Waals surface area (Å²) in [6.45, 7) is 2.24. The zero-order valence-electron chi connectivity index (χ0n) is 11.2. The highest BCUT2D eigenvalue weighted by Gasteiger charge is 2.39. The van der Waals surface area contributed by atoms with Gasteiger partial charge in [-0.25, -0.2) is 0 Å². The summed E-state index contributed by atoms with van der Waals surface area (Å²) in [6.07, 6.45) is 0.164. The van der Waals surface area contributed by atoms with Crippen LogP contribution in [0.2, 0.25) is 0 Å². The molecule has 0 amide bonds. The van der Waals surface area contributed by atoms with Crippen molar-refractivity contribution in [2.24, 2.45) is 0 Å². The molecule has 0 radical (unpaired) electrons. The highest BCUT2D eigenvalue weighted by molar-refractivity contribution is 7.58. The molecule has 0 N–H and O–H groups in total. The van der Waals surface area contributed by atoms with E-state index in [1.54, 1.807) is 0 Å². The Balaban J connectivity index is 1.88. The number of likely N-dealkylation sites (N-methyl/N-ethyl adjacent to an activating group) is 1. The van der Waals surface area contributed by atoms with Crippen molar-refractivity contribution in [3.05, 3.63) is 66.2 Å². The van der Waals surface area contributed by atoms with Crippen LogP contribution in [-0.4, -0.2) is 17.8 Å². The van der Waals surface area contributed by atoms with Gasteiger partial charge in [-0.15, -0.1) is 0 Å². The summed E-state index contributed by atoms with van der Waals surface area (Å²) in [7, 11) is 1.49. The van der Waals surface area contributed by atoms with Crippen LogP contribution in [-0.2, 0) is 4.52 Å². The van der Waals surface area contributed by atoms with E-state index in [1.165, 1.54) is 10.9 Å². The smallest absolute Gasteiger partial charge is 0.138 e. The average Bonchev–Trinajstić information content (AvgIpc) is 2.77. The third-order valence-corrected chi connectivity index (χ3v) is 5.74. The van der Waals surface area contributed by atoms with Gasteiger partial charge in [0, 0.05) is 11.3 Å². The molecule has 3 heteroatoms. The van der Waals surface area contributed by atoms with Crippen molar-refractivity contribution in [2.45, 2.75) is 19.1 Å². The van der Waals surface area contributed by atoms with E-state index in [2.05, 4.69) is 67.2 Å². The maximum absolute atomic E-state index is 6.35. The van der Waals surface area contributed by atoms with Crippen molar-refractivity contribution >= 4 is 13.6 Å². The van der Waals surface area contributed by atoms with Gasteiger partial charge in [0.2, 0.25) is 0 Å². The maximum atomic E-state index is 6.35. The molecule has 0 bridgehead atoms. The number of hydrogen-bond acceptors (Lipinski definition) is 2. The van der Waals surface area contributed by atoms with Crippen LogP contribution in [0.4, 0.5) is 0 Å². The van der Waals surface area contributed by atoms with E-state index in [1.807, 2.05) is 12.1 Å². The molecule has 3 atom stereocenters. The van der Waals surface area contributed by atoms with Gasteiger partial charge in [0.25, 0.3) is 0 Å². The summed E-state index contributed by atoms with van der Waals surface area (Å²) < 4.78 is 8.71. The van der Waals surface area contributed by atoms with Crippen LogP contribution in [0.15, 0.2) is 60.7 Å². The van der Waals surface area contributed by atoms with Crippen molar-refractivity contribution in [3.8, 4) is 0 Å². The van der Waals surface area contributed by atoms with Gasteiger partial charge in [0.15, 0.2) is 0 Å². The summed E-state index contributed by atoms with van der Waals surface area (Å²) in [5, 5.41) is 1.28. The Kier molecular flexibility index (Phi) is 3.65. The highest BCUT2D eigenvalue weighted by Crippen LogP contribution is 2.54. The van der Waals surface area contributed by atoms with E-state index in [0.717, 1.165) is 0 Å². The fourth-order valence-corrected chi connectivity index (χ4v) is 4.44. The van der Waals surface area contributed by atoms with E-state index >= 15 is 0 Å². The molecule has 0 saturated carbocycles. The van der Waals surface area contributed by atoms with Crippen LogP contribution < -0.4 is 5.30 Å². The van der Waals surface area contributed by atoms with E-state index in [9.17, 15) is 0 Å². The summed E-state index contributed by atoms with van der Waals surface area (Å²) in [6, 6.07) is 21.4. The molecule has 1 aliphatic rings. The zero-order valence-corrected chi connectivity index (χ0v) is 12.1. The van der Waals surface area contributed by atoms with Gasteiger partial charge in [0.1, 0.15) is 14.4 Å². The standard InChI is InChI=1S/C16H18NOP/c1-13-16(14-9-5-3-6-10-14)18-19(17(13)2)15-11-7-4-8-12-15/h3-13,16H,1-2H3/t13-,16+,19?/m0/s1. The zero-order chi connectivity index (χ0) is 13.2. The molecular weight excluding hydrogens is 253 g/mol. The first kappa shape index (κ1) is 12.8. The molecule has 19 heavy (non-hydrogen) atoms. The second kappa shape index (κ2) is 5.42. The quantitative estimate of drug-likeness (QED) is 0.772. The van der Waals surface area contributed by atoms with Crippen LogP contribution in [0.5, 0.6) is 0 Å². The summed E-state index contributed by atoms with van der Waals surface area (Å²) in [4.78, 5) is 0. The van der Waals surface area contributed by atoms with Crippen molar-refractivity contribution in [3.63, 3.8) is 0 Å². The van der Waals surface area contributed by atoms with Crippen molar-refractivity contribution in [1.29, 1.82) is 0 Å². The van der Waals surface area contributed by atoms with Crippen molar-refractivity contribution < 1.29 is 4.52 Å². The van der Waals surface area contributed by atoms with Gasteiger partial charge >= 0.3 is 0 Å². The van der Waals surface area contributed by atoms with Gasteiger partial charge in [-0.2, -0.15) is 0 Å². The third kappa shape index (κ3) is 2.44. The first-order valence-electron chi connectivity index (χ1n) is 6.57. The summed E-state index contributed by atoms with van der Waals surface area (Å²) >= 11 is 0. The SMILES string of the molecule is C[C@H]1[C@H](c2ccccc2)OP(c2ccccc2)N1C. The Hall–Kier alpha value is -1.21. The predicted molar refractivity (Wildman–Crippen MR) is 80.5 cm³/mol. The lowest BCUT2D eigenvalue weighted by Gasteiger charge is -2.20. The molecule has 1 unspecified atom stereocenters. The molecule has 1 fully saturated rings. The molecule has 2 aromatic rings. The Morgan fingerprint density at radius 2 is 1.53 bits per heavy atom. The Bertz CT molecular complexity index is 481. The molecule has 2 nitrogen and oxygen atoms in total. The molecule has 0 aliphatic carbocycles. The van der Waals surface area contributed by atoms with Gasteiger partial charge in [-0.3, -0.25) is 4.67 Å². The number of rotatable bonds is 2. The van der Waals surface area contributed by atoms with Crippen molar-refractivity contribution in [2.75, 3.05) is 7.05 Å². The van der Waals surface area contributed by atoms with Crippen LogP contribution >= 0.6 is 8.30 Å². The van der Waals surface area contributed by atoms with Crippen LogP contribution in [0.1, 0.15) is 18.6 Å². The van der Waals surface area contributed by atoms with Gasteiger partial charge < -0.3 is 4.52 Å². The molecule has 1 saturated heterocycles. The first-order chi connectivity index (χ1) is 9.27. The van der Waals surface area contributed by atoms with Gasteiger partial charge in [-0.05, 0) is 19.5 Å². The molecule has 0 spiro atoms. The topological polar surface area (TPSA) is 12.5 Å². The fraction of sp³-hybridized carbons (Fsp3) is 0.250. The van der Waals surface area contributed by atoms with Gasteiger partial charge in [0.05, 0.1) is 0 Å². The number of nitrogens with zero attached hydrogens (tertiary/aromatic N) is 1. The Morgan fingerprint density at radius 1 is 0.947 bits per heavy atom. The minimum atomic E-state index is -0.670. The van der Waals surface area contributed by atoms with E-state index < -0.39 is 8.30 Å². The monoisotopic (exact) mass is 271 g/mol. The molecule has 98 valence electrons. The normalized spacial score (nSPS) is 27.6. The Morgan fingerprint density at radius 3 is 2.16 bits per heavy atom. The number of benzene rings is 2. The van der Waals surface area contributed by atoms with Gasteiger partial charge in [-0.1, -0.05) is 60.7 Å². The second-order valence-electron chi connectivity index (χ2n) is 4.86. The summed E-state index contributed by atoms with van der Waals surface area (Å²) in [5.41, 5.74) is 1.27. The summed E-state index contributed by atoms with van der Waals surface area (Å²) in [5.74, 6) is 0. The molecule has 3 rings (SSSR count). The molecule has 2 aromatic carbocycles. The predicted octanol–water partition coefficient (Wildman–Crippen LogP) is 3.72. The lowest BCUT2D eigenvalue weighted by molar-refractivity contribution is 0.218. The minimum absolute atomic E-state index is 0.164. The van der Waals surface area contributed by atoms with E-state index in [0.29, 0.717) is 6.04 Å². The lowest BCUT2D eigenvalue weighted by Crippen LogP contribution is -2.24. The molecule has 1 aliphatic heterocycles. The van der Waals surface area contributed by atoms with Crippen molar-refractivity contribution in [1.82, 2.24) is 4.67 Å². The van der Waals surface area contributed by atoms with Crippen LogP contribution in [0.3, 0.4) is 0 Å². The average molecular weight is 271 g/mol. The lowest BCUT2D eigenvalue weighted by atomic mass is 10.0. The highest BCUT2D eigenvalue weighted by atomic mass is 31.2. The second-order valence-corrected chi connectivity index (χ2v) is 6.76. The maximum Gasteiger partial charge on any atom is 0.138 e. The van der Waals surface area contributed by atoms with Crippen LogP contribution in [0, 0.1) is 0 Å².